The molecule has 2 aromatic rings. The van der Waals surface area contributed by atoms with Gasteiger partial charge in [0.1, 0.15) is 6.04 Å². The molecule has 33 heavy (non-hydrogen) atoms. The van der Waals surface area contributed by atoms with E-state index in [2.05, 4.69) is 27.7 Å². The summed E-state index contributed by atoms with van der Waals surface area (Å²) in [6.07, 6.45) is 7.21. The fourth-order valence-electron chi connectivity index (χ4n) is 5.96. The highest BCUT2D eigenvalue weighted by Crippen LogP contribution is 2.29. The number of imide groups is 1. The lowest BCUT2D eigenvalue weighted by Crippen LogP contribution is -2.44. The molecule has 5 rings (SSSR count). The summed E-state index contributed by atoms with van der Waals surface area (Å²) in [6.45, 7) is 5.50. The molecule has 1 aromatic heterocycles. The Morgan fingerprint density at radius 1 is 0.939 bits per heavy atom. The van der Waals surface area contributed by atoms with E-state index in [4.69, 9.17) is 0 Å². The molecule has 1 atom stereocenters. The van der Waals surface area contributed by atoms with Crippen LogP contribution in [0, 0.1) is 11.8 Å². The number of aromatic nitrogens is 2. The summed E-state index contributed by atoms with van der Waals surface area (Å²) in [6, 6.07) is 5.48. The van der Waals surface area contributed by atoms with Gasteiger partial charge in [0.05, 0.1) is 11.0 Å². The molecular formula is C25H35N5O3. The number of carbonyl (C=O) groups excluding carboxylic acids is 2. The number of nitrogens with one attached hydrogen (secondary N) is 2. The van der Waals surface area contributed by atoms with E-state index in [0.717, 1.165) is 42.5 Å². The van der Waals surface area contributed by atoms with Crippen molar-refractivity contribution in [1.82, 2.24) is 24.7 Å². The maximum Gasteiger partial charge on any atom is 0.329 e. The topological polar surface area (TPSA) is 88.4 Å². The second-order valence-corrected chi connectivity index (χ2v) is 10.2. The molecule has 4 heterocycles. The van der Waals surface area contributed by atoms with Gasteiger partial charge in [-0.1, -0.05) is 6.07 Å². The highest BCUT2D eigenvalue weighted by Gasteiger charge is 2.31. The van der Waals surface area contributed by atoms with Gasteiger partial charge < -0.3 is 5.32 Å². The Kier molecular flexibility index (Phi) is 6.38. The van der Waals surface area contributed by atoms with Gasteiger partial charge in [-0.05, 0) is 94.2 Å². The van der Waals surface area contributed by atoms with Gasteiger partial charge in [-0.25, -0.2) is 4.79 Å². The zero-order chi connectivity index (χ0) is 22.9. The van der Waals surface area contributed by atoms with Gasteiger partial charge >= 0.3 is 5.69 Å². The summed E-state index contributed by atoms with van der Waals surface area (Å²) < 4.78 is 3.17. The third-order valence-corrected chi connectivity index (χ3v) is 7.91. The van der Waals surface area contributed by atoms with Gasteiger partial charge in [-0.3, -0.25) is 28.9 Å². The second kappa shape index (κ2) is 9.43. The minimum absolute atomic E-state index is 0.213. The predicted molar refractivity (Wildman–Crippen MR) is 127 cm³/mol. The molecule has 8 nitrogen and oxygen atoms in total. The fourth-order valence-corrected chi connectivity index (χ4v) is 5.96. The number of hydrogen-bond donors (Lipinski definition) is 2. The molecule has 8 heteroatoms. The van der Waals surface area contributed by atoms with Crippen molar-refractivity contribution in [3.63, 3.8) is 0 Å². The van der Waals surface area contributed by atoms with Gasteiger partial charge in [-0.2, -0.15) is 0 Å². The quantitative estimate of drug-likeness (QED) is 0.676. The zero-order valence-corrected chi connectivity index (χ0v) is 19.5. The van der Waals surface area contributed by atoms with Crippen LogP contribution in [0.1, 0.15) is 56.6 Å². The van der Waals surface area contributed by atoms with Crippen LogP contribution < -0.4 is 16.3 Å². The molecule has 0 saturated carbocycles. The van der Waals surface area contributed by atoms with Crippen molar-refractivity contribution < 1.29 is 9.59 Å². The van der Waals surface area contributed by atoms with Gasteiger partial charge in [0, 0.05) is 20.0 Å². The van der Waals surface area contributed by atoms with E-state index < -0.39 is 11.9 Å². The maximum absolute atomic E-state index is 13.0. The first kappa shape index (κ1) is 22.3. The number of hydrogen-bond acceptors (Lipinski definition) is 5. The van der Waals surface area contributed by atoms with Crippen molar-refractivity contribution in [1.29, 1.82) is 0 Å². The fraction of sp³-hybridized carbons (Fsp3) is 0.640. The van der Waals surface area contributed by atoms with E-state index in [9.17, 15) is 14.4 Å². The zero-order valence-electron chi connectivity index (χ0n) is 19.5. The van der Waals surface area contributed by atoms with Crippen LogP contribution in [0.15, 0.2) is 23.0 Å². The lowest BCUT2D eigenvalue weighted by Gasteiger charge is -2.34. The molecule has 0 radical (unpaired) electrons. The number of amides is 2. The van der Waals surface area contributed by atoms with Crippen molar-refractivity contribution >= 4 is 22.8 Å². The van der Waals surface area contributed by atoms with Crippen LogP contribution in [0.4, 0.5) is 0 Å². The smallest absolute Gasteiger partial charge is 0.317 e. The lowest BCUT2D eigenvalue weighted by atomic mass is 9.83. The molecule has 178 valence electrons. The van der Waals surface area contributed by atoms with Gasteiger partial charge in [-0.15, -0.1) is 0 Å². The third-order valence-electron chi connectivity index (χ3n) is 7.91. The van der Waals surface area contributed by atoms with E-state index in [0.29, 0.717) is 6.42 Å². The Labute approximate surface area is 194 Å². The van der Waals surface area contributed by atoms with E-state index in [-0.39, 0.29) is 18.0 Å². The minimum atomic E-state index is -0.635. The first-order valence-corrected chi connectivity index (χ1v) is 12.5. The summed E-state index contributed by atoms with van der Waals surface area (Å²) in [5, 5.41) is 5.83. The molecule has 1 unspecified atom stereocenters. The number of rotatable bonds is 5. The van der Waals surface area contributed by atoms with Crippen molar-refractivity contribution in [3.05, 3.63) is 34.2 Å². The summed E-state index contributed by atoms with van der Waals surface area (Å²) in [4.78, 5) is 39.4. The number of likely N-dealkylation sites (tertiary alicyclic amines) is 1. The predicted octanol–water partition coefficient (Wildman–Crippen LogP) is 1.92. The molecule has 3 aliphatic heterocycles. The Hall–Kier alpha value is -2.45. The molecule has 3 fully saturated rings. The van der Waals surface area contributed by atoms with Gasteiger partial charge in [0.2, 0.25) is 11.8 Å². The molecule has 2 amide bonds. The number of imidazole rings is 1. The summed E-state index contributed by atoms with van der Waals surface area (Å²) in [5.41, 5.74) is 2.56. The largest absolute Gasteiger partial charge is 0.329 e. The van der Waals surface area contributed by atoms with Crippen molar-refractivity contribution in [2.24, 2.45) is 18.9 Å². The molecule has 0 aliphatic carbocycles. The molecule has 3 saturated heterocycles. The van der Waals surface area contributed by atoms with Crippen molar-refractivity contribution in [3.8, 4) is 0 Å². The number of benzene rings is 1. The minimum Gasteiger partial charge on any atom is -0.317 e. The van der Waals surface area contributed by atoms with Crippen molar-refractivity contribution in [2.45, 2.75) is 57.5 Å². The molecule has 0 spiro atoms. The molecule has 2 N–H and O–H groups in total. The van der Waals surface area contributed by atoms with Crippen LogP contribution in [0.25, 0.3) is 11.0 Å². The highest BCUT2D eigenvalue weighted by atomic mass is 16.2. The summed E-state index contributed by atoms with van der Waals surface area (Å²) in [5.74, 6) is 1.10. The highest BCUT2D eigenvalue weighted by molar-refractivity contribution is 6.00. The van der Waals surface area contributed by atoms with Crippen LogP contribution in [0.2, 0.25) is 0 Å². The average Bonchev–Trinajstić information content (AvgIpc) is 3.06. The number of fused-ring (bicyclic) bond motifs is 1. The Bertz CT molecular complexity index is 1090. The number of nitrogens with zero attached hydrogens (tertiary/aromatic N) is 3. The van der Waals surface area contributed by atoms with E-state index in [1.807, 2.05) is 6.07 Å². The molecule has 1 aromatic carbocycles. The summed E-state index contributed by atoms with van der Waals surface area (Å²) in [7, 11) is 1.75. The van der Waals surface area contributed by atoms with Crippen molar-refractivity contribution in [2.75, 3.05) is 26.2 Å². The SMILES string of the molecule is Cn1c(=O)n(C2CCC(=O)NC2=O)c2ccc(CN3CCC(CC4CCNCC4)CC3)cc21. The van der Waals surface area contributed by atoms with E-state index >= 15 is 0 Å². The summed E-state index contributed by atoms with van der Waals surface area (Å²) >= 11 is 0. The molecular weight excluding hydrogens is 418 g/mol. The Morgan fingerprint density at radius 3 is 2.39 bits per heavy atom. The third kappa shape index (κ3) is 4.64. The number of piperidine rings is 3. The first-order valence-electron chi connectivity index (χ1n) is 12.5. The normalized spacial score (nSPS) is 23.8. The monoisotopic (exact) mass is 453 g/mol. The lowest BCUT2D eigenvalue weighted by molar-refractivity contribution is -0.135. The average molecular weight is 454 g/mol. The van der Waals surface area contributed by atoms with Crippen LogP contribution in [0.5, 0.6) is 0 Å². The van der Waals surface area contributed by atoms with Gasteiger partial charge in [0.15, 0.2) is 0 Å². The first-order chi connectivity index (χ1) is 16.0. The van der Waals surface area contributed by atoms with E-state index in [1.54, 1.807) is 16.2 Å². The molecule has 3 aliphatic rings. The van der Waals surface area contributed by atoms with Crippen LogP contribution >= 0.6 is 0 Å². The Morgan fingerprint density at radius 2 is 1.67 bits per heavy atom. The van der Waals surface area contributed by atoms with Crippen LogP contribution in [-0.2, 0) is 23.2 Å². The second-order valence-electron chi connectivity index (χ2n) is 10.2. The van der Waals surface area contributed by atoms with Gasteiger partial charge in [0.25, 0.3) is 0 Å². The van der Waals surface area contributed by atoms with E-state index in [1.165, 1.54) is 50.8 Å². The van der Waals surface area contributed by atoms with Crippen LogP contribution in [-0.4, -0.2) is 52.0 Å². The maximum atomic E-state index is 13.0. The number of carbonyl (C=O) groups is 2. The number of aryl methyl sites for hydroxylation is 1. The standard InChI is InChI=1S/C25H35N5O3/c1-28-22-15-19(16-29-12-8-18(9-13-29)14-17-6-10-26-11-7-17)2-3-20(22)30(25(28)33)21-4-5-23(31)27-24(21)32/h2-3,15,17-18,21,26H,4-14,16H2,1H3,(H,27,31,32). The Balaban J connectivity index is 1.26. The van der Waals surface area contributed by atoms with Crippen LogP contribution in [0.3, 0.4) is 0 Å². The molecule has 0 bridgehead atoms.